The number of aryl methyl sites for hydroxylation is 2. The van der Waals surface area contributed by atoms with Gasteiger partial charge in [0.25, 0.3) is 0 Å². The highest BCUT2D eigenvalue weighted by Crippen LogP contribution is 2.28. The molecule has 98 valence electrons. The van der Waals surface area contributed by atoms with Crippen molar-refractivity contribution in [2.75, 3.05) is 0 Å². The molecule has 0 saturated carbocycles. The van der Waals surface area contributed by atoms with Crippen LogP contribution in [0.4, 0.5) is 0 Å². The number of fused-ring (bicyclic) bond motifs is 1. The van der Waals surface area contributed by atoms with E-state index in [1.807, 2.05) is 18.2 Å². The van der Waals surface area contributed by atoms with Crippen LogP contribution < -0.4 is 0 Å². The standard InChI is InChI=1S/C17H18OS/c18-17-14(10-11-15-8-4-12-19-15)7-3-6-13-5-1-2-9-16(13)17/h1-2,4-5,8-9,12,14H,3,6-7,10-11H2. The van der Waals surface area contributed by atoms with Gasteiger partial charge < -0.3 is 0 Å². The zero-order chi connectivity index (χ0) is 13.1. The highest BCUT2D eigenvalue weighted by molar-refractivity contribution is 7.09. The summed E-state index contributed by atoms with van der Waals surface area (Å²) in [5.74, 6) is 0.579. The molecule has 2 aromatic rings. The second-order valence-corrected chi connectivity index (χ2v) is 6.26. The van der Waals surface area contributed by atoms with Crippen molar-refractivity contribution in [1.82, 2.24) is 0 Å². The first-order valence-corrected chi connectivity index (χ1v) is 7.87. The zero-order valence-electron chi connectivity index (χ0n) is 11.0. The maximum Gasteiger partial charge on any atom is 0.166 e. The summed E-state index contributed by atoms with van der Waals surface area (Å²) in [6.07, 6.45) is 5.26. The summed E-state index contributed by atoms with van der Waals surface area (Å²) in [5, 5.41) is 2.11. The summed E-state index contributed by atoms with van der Waals surface area (Å²) in [4.78, 5) is 14.0. The lowest BCUT2D eigenvalue weighted by atomic mass is 9.91. The fourth-order valence-electron chi connectivity index (χ4n) is 2.92. The summed E-state index contributed by atoms with van der Waals surface area (Å²) < 4.78 is 0. The quantitative estimate of drug-likeness (QED) is 0.750. The van der Waals surface area contributed by atoms with Gasteiger partial charge in [-0.2, -0.15) is 0 Å². The van der Waals surface area contributed by atoms with E-state index in [2.05, 4.69) is 23.6 Å². The molecule has 1 unspecified atom stereocenters. The van der Waals surface area contributed by atoms with Crippen LogP contribution in [0.1, 0.15) is 40.1 Å². The summed E-state index contributed by atoms with van der Waals surface area (Å²) in [5.41, 5.74) is 2.21. The normalized spacial score (nSPS) is 18.9. The molecule has 1 nitrogen and oxygen atoms in total. The average molecular weight is 270 g/mol. The molecule has 1 heterocycles. The van der Waals surface area contributed by atoms with Crippen LogP contribution in [0.3, 0.4) is 0 Å². The molecule has 0 aliphatic heterocycles. The third-order valence-electron chi connectivity index (χ3n) is 3.97. The van der Waals surface area contributed by atoms with Gasteiger partial charge in [-0.3, -0.25) is 4.79 Å². The lowest BCUT2D eigenvalue weighted by molar-refractivity contribution is 0.0909. The lowest BCUT2D eigenvalue weighted by Crippen LogP contribution is -2.14. The summed E-state index contributed by atoms with van der Waals surface area (Å²) >= 11 is 1.79. The maximum absolute atomic E-state index is 12.6. The molecule has 1 aromatic carbocycles. The number of hydrogen-bond donors (Lipinski definition) is 0. The average Bonchev–Trinajstić information content (AvgIpc) is 2.90. The Labute approximate surface area is 118 Å². The van der Waals surface area contributed by atoms with Crippen LogP contribution in [0.25, 0.3) is 0 Å². The van der Waals surface area contributed by atoms with Gasteiger partial charge in [-0.15, -0.1) is 11.3 Å². The first-order valence-electron chi connectivity index (χ1n) is 6.99. The van der Waals surface area contributed by atoms with Gasteiger partial charge in [0.2, 0.25) is 0 Å². The van der Waals surface area contributed by atoms with Crippen LogP contribution >= 0.6 is 11.3 Å². The van der Waals surface area contributed by atoms with E-state index >= 15 is 0 Å². The molecule has 0 saturated heterocycles. The molecule has 3 rings (SSSR count). The molecular weight excluding hydrogens is 252 g/mol. The molecule has 2 heteroatoms. The number of Topliss-reactive ketones (excluding diaryl/α,β-unsaturated/α-hetero) is 1. The highest BCUT2D eigenvalue weighted by Gasteiger charge is 2.24. The van der Waals surface area contributed by atoms with E-state index in [0.29, 0.717) is 5.78 Å². The third kappa shape index (κ3) is 2.79. The Morgan fingerprint density at radius 2 is 2.05 bits per heavy atom. The van der Waals surface area contributed by atoms with Crippen molar-refractivity contribution < 1.29 is 4.79 Å². The fourth-order valence-corrected chi connectivity index (χ4v) is 3.64. The van der Waals surface area contributed by atoms with Gasteiger partial charge in [-0.25, -0.2) is 0 Å². The number of carbonyl (C=O) groups is 1. The van der Waals surface area contributed by atoms with Crippen molar-refractivity contribution in [3.05, 3.63) is 57.8 Å². The topological polar surface area (TPSA) is 17.1 Å². The zero-order valence-corrected chi connectivity index (χ0v) is 11.8. The summed E-state index contributed by atoms with van der Waals surface area (Å²) in [7, 11) is 0. The largest absolute Gasteiger partial charge is 0.294 e. The predicted molar refractivity (Wildman–Crippen MR) is 79.8 cm³/mol. The van der Waals surface area contributed by atoms with Gasteiger partial charge in [0.1, 0.15) is 0 Å². The van der Waals surface area contributed by atoms with Crippen molar-refractivity contribution >= 4 is 17.1 Å². The second kappa shape index (κ2) is 5.70. The number of hydrogen-bond acceptors (Lipinski definition) is 2. The Morgan fingerprint density at radius 3 is 2.89 bits per heavy atom. The molecule has 1 atom stereocenters. The Hall–Kier alpha value is -1.41. The molecule has 0 spiro atoms. The van der Waals surface area contributed by atoms with Gasteiger partial charge >= 0.3 is 0 Å². The number of ketones is 1. The van der Waals surface area contributed by atoms with Gasteiger partial charge in [0.15, 0.2) is 5.78 Å². The van der Waals surface area contributed by atoms with Crippen LogP contribution in [0.2, 0.25) is 0 Å². The van der Waals surface area contributed by atoms with E-state index in [1.165, 1.54) is 10.4 Å². The first-order chi connectivity index (χ1) is 9.34. The molecule has 1 aliphatic carbocycles. The monoisotopic (exact) mass is 270 g/mol. The molecule has 1 aromatic heterocycles. The first kappa shape index (κ1) is 12.6. The predicted octanol–water partition coefficient (Wildman–Crippen LogP) is 4.52. The minimum atomic E-state index is 0.214. The Kier molecular flexibility index (Phi) is 3.79. The van der Waals surface area contributed by atoms with Gasteiger partial charge in [0, 0.05) is 16.4 Å². The minimum absolute atomic E-state index is 0.214. The lowest BCUT2D eigenvalue weighted by Gasteiger charge is -2.12. The molecule has 0 N–H and O–H groups in total. The van der Waals surface area contributed by atoms with Gasteiger partial charge in [-0.05, 0) is 49.1 Å². The Bertz CT molecular complexity index is 556. The highest BCUT2D eigenvalue weighted by atomic mass is 32.1. The number of carbonyl (C=O) groups excluding carboxylic acids is 1. The van der Waals surface area contributed by atoms with Crippen molar-refractivity contribution in [2.45, 2.75) is 32.1 Å². The van der Waals surface area contributed by atoms with Gasteiger partial charge in [-0.1, -0.05) is 30.3 Å². The molecule has 1 aliphatic rings. The molecule has 0 radical (unpaired) electrons. The van der Waals surface area contributed by atoms with Crippen molar-refractivity contribution in [3.63, 3.8) is 0 Å². The summed E-state index contributed by atoms with van der Waals surface area (Å²) in [6.45, 7) is 0. The Balaban J connectivity index is 1.74. The third-order valence-corrected chi connectivity index (χ3v) is 4.91. The van der Waals surface area contributed by atoms with Crippen LogP contribution in [-0.4, -0.2) is 5.78 Å². The van der Waals surface area contributed by atoms with E-state index < -0.39 is 0 Å². The number of rotatable bonds is 3. The van der Waals surface area contributed by atoms with Crippen LogP contribution in [0, 0.1) is 5.92 Å². The molecular formula is C17H18OS. The van der Waals surface area contributed by atoms with Crippen LogP contribution in [0.5, 0.6) is 0 Å². The van der Waals surface area contributed by atoms with E-state index in [1.54, 1.807) is 11.3 Å². The van der Waals surface area contributed by atoms with E-state index in [4.69, 9.17) is 0 Å². The summed E-state index contributed by atoms with van der Waals surface area (Å²) in [6, 6.07) is 12.4. The minimum Gasteiger partial charge on any atom is -0.294 e. The van der Waals surface area contributed by atoms with Crippen LogP contribution in [0.15, 0.2) is 41.8 Å². The fraction of sp³-hybridized carbons (Fsp3) is 0.353. The Morgan fingerprint density at radius 1 is 1.16 bits per heavy atom. The smallest absolute Gasteiger partial charge is 0.166 e. The van der Waals surface area contributed by atoms with Crippen LogP contribution in [-0.2, 0) is 12.8 Å². The molecule has 19 heavy (non-hydrogen) atoms. The number of benzene rings is 1. The number of thiophene rings is 1. The maximum atomic E-state index is 12.6. The molecule has 0 fully saturated rings. The van der Waals surface area contributed by atoms with Crippen molar-refractivity contribution in [2.24, 2.45) is 5.92 Å². The molecule has 0 bridgehead atoms. The van der Waals surface area contributed by atoms with E-state index in [0.717, 1.165) is 37.7 Å². The SMILES string of the molecule is O=C1c2ccccc2CCCC1CCc1cccs1. The van der Waals surface area contributed by atoms with E-state index in [9.17, 15) is 4.79 Å². The van der Waals surface area contributed by atoms with Crippen molar-refractivity contribution in [1.29, 1.82) is 0 Å². The molecule has 0 amide bonds. The van der Waals surface area contributed by atoms with E-state index in [-0.39, 0.29) is 5.92 Å². The van der Waals surface area contributed by atoms with Gasteiger partial charge in [0.05, 0.1) is 0 Å². The van der Waals surface area contributed by atoms with Crippen molar-refractivity contribution in [3.8, 4) is 0 Å². The second-order valence-electron chi connectivity index (χ2n) is 5.23.